The van der Waals surface area contributed by atoms with Crippen LogP contribution in [0.2, 0.25) is 0 Å². The number of hydrogen-bond donors (Lipinski definition) is 0. The lowest BCUT2D eigenvalue weighted by molar-refractivity contribution is -0.225. The first kappa shape index (κ1) is 42.2. The van der Waals surface area contributed by atoms with Crippen molar-refractivity contribution in [2.45, 2.75) is 162 Å². The molecule has 1 unspecified atom stereocenters. The van der Waals surface area contributed by atoms with Gasteiger partial charge in [-0.1, -0.05) is 145 Å². The zero-order valence-corrected chi connectivity index (χ0v) is 36.4. The van der Waals surface area contributed by atoms with E-state index in [9.17, 15) is 0 Å². The Morgan fingerprint density at radius 2 is 1.24 bits per heavy atom. The molecule has 5 fully saturated rings. The van der Waals surface area contributed by atoms with E-state index in [-0.39, 0.29) is 24.4 Å². The van der Waals surface area contributed by atoms with Crippen LogP contribution in [0.15, 0.2) is 91.0 Å². The maximum absolute atomic E-state index is 7.15. The van der Waals surface area contributed by atoms with Crippen molar-refractivity contribution in [3.8, 4) is 0 Å². The van der Waals surface area contributed by atoms with E-state index in [4.69, 9.17) is 23.7 Å². The van der Waals surface area contributed by atoms with Gasteiger partial charge in [0, 0.05) is 0 Å². The summed E-state index contributed by atoms with van der Waals surface area (Å²) < 4.78 is 33.9. The molecule has 0 aromatic heterocycles. The van der Waals surface area contributed by atoms with Gasteiger partial charge >= 0.3 is 0 Å². The summed E-state index contributed by atoms with van der Waals surface area (Å²) in [6.45, 7) is 14.7. The normalized spacial score (nSPS) is 36.3. The molecule has 5 heteroatoms. The summed E-state index contributed by atoms with van der Waals surface area (Å²) in [5.41, 5.74) is 4.35. The zero-order valence-electron chi connectivity index (χ0n) is 36.4. The molecule has 13 atom stereocenters. The Morgan fingerprint density at radius 3 is 1.90 bits per heavy atom. The van der Waals surface area contributed by atoms with Gasteiger partial charge in [0.25, 0.3) is 0 Å². The van der Waals surface area contributed by atoms with Crippen molar-refractivity contribution in [3.63, 3.8) is 0 Å². The minimum atomic E-state index is -0.520. The summed E-state index contributed by atoms with van der Waals surface area (Å²) in [6.07, 6.45) is 14.8. The SMILES string of the molecule is CC(C)CCC[C@@H](C)[C@H]1CC[C@H]2[C@@H]3CCC4C[C@@H](O[C@@H]5O[C@H](COCc6ccccc6)[C@@H](OCc6ccccc6)[C@H]5OCc5ccccc5)CC[C@]4(C)[C@H]3CC[C@]12C. The smallest absolute Gasteiger partial charge is 0.187 e. The highest BCUT2D eigenvalue weighted by atomic mass is 16.7. The molecule has 5 nitrogen and oxygen atoms in total. The van der Waals surface area contributed by atoms with Gasteiger partial charge in [-0.25, -0.2) is 0 Å². The Kier molecular flexibility index (Phi) is 13.8. The topological polar surface area (TPSA) is 46.2 Å². The second-order valence-electron chi connectivity index (χ2n) is 20.3. The first-order valence-corrected chi connectivity index (χ1v) is 23.4. The zero-order chi connectivity index (χ0) is 40.1. The van der Waals surface area contributed by atoms with E-state index < -0.39 is 6.29 Å². The Morgan fingerprint density at radius 1 is 0.638 bits per heavy atom. The first-order chi connectivity index (χ1) is 28.2. The molecule has 3 aromatic rings. The van der Waals surface area contributed by atoms with E-state index in [0.29, 0.717) is 43.2 Å². The summed E-state index contributed by atoms with van der Waals surface area (Å²) in [4.78, 5) is 0. The van der Waals surface area contributed by atoms with Crippen LogP contribution in [0.4, 0.5) is 0 Å². The summed E-state index contributed by atoms with van der Waals surface area (Å²) in [5.74, 6) is 5.97. The average molecular weight is 791 g/mol. The van der Waals surface area contributed by atoms with E-state index in [1.165, 1.54) is 64.2 Å². The molecule has 8 rings (SSSR count). The van der Waals surface area contributed by atoms with Crippen LogP contribution in [-0.2, 0) is 43.5 Å². The van der Waals surface area contributed by atoms with E-state index in [0.717, 1.165) is 65.0 Å². The van der Waals surface area contributed by atoms with Crippen LogP contribution in [0.1, 0.15) is 128 Å². The fourth-order valence-electron chi connectivity index (χ4n) is 13.3. The van der Waals surface area contributed by atoms with Crippen LogP contribution in [0.3, 0.4) is 0 Å². The second-order valence-corrected chi connectivity index (χ2v) is 20.3. The van der Waals surface area contributed by atoms with Crippen molar-refractivity contribution < 1.29 is 23.7 Å². The van der Waals surface area contributed by atoms with Crippen molar-refractivity contribution in [2.24, 2.45) is 52.3 Å². The molecule has 1 saturated heterocycles. The van der Waals surface area contributed by atoms with Gasteiger partial charge in [0.15, 0.2) is 6.29 Å². The van der Waals surface area contributed by atoms with Gasteiger partial charge in [0.05, 0.1) is 32.5 Å². The predicted octanol–water partition coefficient (Wildman–Crippen LogP) is 12.6. The monoisotopic (exact) mass is 791 g/mol. The highest BCUT2D eigenvalue weighted by molar-refractivity contribution is 5.16. The lowest BCUT2D eigenvalue weighted by Gasteiger charge is -2.61. The first-order valence-electron chi connectivity index (χ1n) is 23.4. The minimum Gasteiger partial charge on any atom is -0.374 e. The number of hydrogen-bond acceptors (Lipinski definition) is 5. The third kappa shape index (κ3) is 9.35. The summed E-state index contributed by atoms with van der Waals surface area (Å²) >= 11 is 0. The van der Waals surface area contributed by atoms with Crippen LogP contribution in [0, 0.1) is 52.3 Å². The Labute approximate surface area is 351 Å². The van der Waals surface area contributed by atoms with Crippen molar-refractivity contribution in [2.75, 3.05) is 6.61 Å². The predicted molar refractivity (Wildman–Crippen MR) is 233 cm³/mol. The van der Waals surface area contributed by atoms with Crippen LogP contribution >= 0.6 is 0 Å². The maximum Gasteiger partial charge on any atom is 0.187 e. The number of fused-ring (bicyclic) bond motifs is 5. The quantitative estimate of drug-likeness (QED) is 0.136. The molecular formula is C53H74O5. The number of rotatable bonds is 17. The number of benzene rings is 3. The Balaban J connectivity index is 0.945. The average Bonchev–Trinajstić information content (AvgIpc) is 3.76. The molecule has 58 heavy (non-hydrogen) atoms. The molecular weight excluding hydrogens is 717 g/mol. The molecule has 3 aromatic carbocycles. The van der Waals surface area contributed by atoms with E-state index in [1.54, 1.807) is 0 Å². The highest BCUT2D eigenvalue weighted by Gasteiger charge is 2.61. The van der Waals surface area contributed by atoms with Crippen molar-refractivity contribution in [1.29, 1.82) is 0 Å². The molecule has 0 spiro atoms. The molecule has 4 aliphatic carbocycles. The third-order valence-corrected chi connectivity index (χ3v) is 16.4. The highest BCUT2D eigenvalue weighted by Crippen LogP contribution is 2.68. The summed E-state index contributed by atoms with van der Waals surface area (Å²) in [6, 6.07) is 31.2. The van der Waals surface area contributed by atoms with Gasteiger partial charge < -0.3 is 23.7 Å². The van der Waals surface area contributed by atoms with E-state index in [2.05, 4.69) is 113 Å². The van der Waals surface area contributed by atoms with Gasteiger partial charge in [-0.3, -0.25) is 0 Å². The largest absolute Gasteiger partial charge is 0.374 e. The van der Waals surface area contributed by atoms with E-state index >= 15 is 0 Å². The van der Waals surface area contributed by atoms with Gasteiger partial charge in [0.1, 0.15) is 18.3 Å². The van der Waals surface area contributed by atoms with Gasteiger partial charge in [-0.2, -0.15) is 0 Å². The summed E-state index contributed by atoms with van der Waals surface area (Å²) in [7, 11) is 0. The molecule has 1 heterocycles. The Bertz CT molecular complexity index is 1680. The van der Waals surface area contributed by atoms with E-state index in [1.807, 2.05) is 12.1 Å². The van der Waals surface area contributed by atoms with Gasteiger partial charge in [-0.05, 0) is 127 Å². The number of ether oxygens (including phenoxy) is 5. The molecule has 316 valence electrons. The molecule has 4 saturated carbocycles. The molecule has 0 bridgehead atoms. The minimum absolute atomic E-state index is 0.151. The standard InChI is InChI=1S/C53H74O5/c1-37(2)16-15-17-38(3)45-26-27-46-44-25-24-42-32-43(28-30-52(42,4)47(44)29-31-53(45,46)5)57-51-50(56-35-41-22-13-8-14-23-41)49(55-34-40-20-11-7-12-21-40)48(58-51)36-54-33-39-18-9-6-10-19-39/h6-14,18-23,37-38,42-51H,15-17,24-36H2,1-5H3/t38-,42?,43+,44+,45-,46+,47+,48-,49-,50-,51-,52+,53-/m1/s1. The van der Waals surface area contributed by atoms with Gasteiger partial charge in [0.2, 0.25) is 0 Å². The molecule has 5 aliphatic rings. The van der Waals surface area contributed by atoms with Crippen LogP contribution < -0.4 is 0 Å². The van der Waals surface area contributed by atoms with Crippen molar-refractivity contribution in [1.82, 2.24) is 0 Å². The lowest BCUT2D eigenvalue weighted by atomic mass is 9.44. The van der Waals surface area contributed by atoms with Crippen molar-refractivity contribution >= 4 is 0 Å². The second kappa shape index (κ2) is 19.0. The van der Waals surface area contributed by atoms with Crippen molar-refractivity contribution in [3.05, 3.63) is 108 Å². The molecule has 0 amide bonds. The third-order valence-electron chi connectivity index (χ3n) is 16.4. The molecule has 0 radical (unpaired) electrons. The van der Waals surface area contributed by atoms with Crippen LogP contribution in [0.25, 0.3) is 0 Å². The Hall–Kier alpha value is -2.54. The molecule has 1 aliphatic heterocycles. The fourth-order valence-corrected chi connectivity index (χ4v) is 13.3. The summed E-state index contributed by atoms with van der Waals surface area (Å²) in [5, 5.41) is 0. The molecule has 0 N–H and O–H groups in total. The maximum atomic E-state index is 7.15. The van der Waals surface area contributed by atoms with Crippen LogP contribution in [-0.4, -0.2) is 37.3 Å². The fraction of sp³-hybridized carbons (Fsp3) is 0.660. The van der Waals surface area contributed by atoms with Gasteiger partial charge in [-0.15, -0.1) is 0 Å². The lowest BCUT2D eigenvalue weighted by Crippen LogP contribution is -2.54. The van der Waals surface area contributed by atoms with Crippen LogP contribution in [0.5, 0.6) is 0 Å².